The van der Waals surface area contributed by atoms with Gasteiger partial charge in [0.25, 0.3) is 0 Å². The van der Waals surface area contributed by atoms with E-state index in [0.717, 1.165) is 0 Å². The Labute approximate surface area is 76.2 Å². The molecular formula is C10H14B2. The summed E-state index contributed by atoms with van der Waals surface area (Å²) in [6, 6.07) is 4.67. The predicted octanol–water partition coefficient (Wildman–Crippen LogP) is -0.918. The SMILES string of the molecule is Bc1cc(B)c2c(c1)CCCC2. The second-order valence-electron chi connectivity index (χ2n) is 3.93. The van der Waals surface area contributed by atoms with Crippen LogP contribution in [0.3, 0.4) is 0 Å². The maximum atomic E-state index is 2.36. The van der Waals surface area contributed by atoms with Gasteiger partial charge in [0.15, 0.2) is 0 Å². The maximum absolute atomic E-state index is 2.36. The van der Waals surface area contributed by atoms with Crippen LogP contribution in [-0.4, -0.2) is 15.7 Å². The van der Waals surface area contributed by atoms with Crippen molar-refractivity contribution in [1.82, 2.24) is 0 Å². The van der Waals surface area contributed by atoms with Gasteiger partial charge in [-0.25, -0.2) is 0 Å². The van der Waals surface area contributed by atoms with E-state index in [-0.39, 0.29) is 0 Å². The summed E-state index contributed by atoms with van der Waals surface area (Å²) < 4.78 is 0. The monoisotopic (exact) mass is 156 g/mol. The molecule has 0 spiro atoms. The average Bonchev–Trinajstić information content (AvgIpc) is 2.04. The van der Waals surface area contributed by atoms with Crippen molar-refractivity contribution in [2.45, 2.75) is 25.7 Å². The largest absolute Gasteiger partial charge is 0.139 e. The van der Waals surface area contributed by atoms with Gasteiger partial charge in [-0.1, -0.05) is 28.6 Å². The van der Waals surface area contributed by atoms with E-state index in [2.05, 4.69) is 27.8 Å². The third kappa shape index (κ3) is 1.31. The first-order chi connectivity index (χ1) is 5.77. The summed E-state index contributed by atoms with van der Waals surface area (Å²) in [4.78, 5) is 0. The Kier molecular flexibility index (Phi) is 2.00. The van der Waals surface area contributed by atoms with Gasteiger partial charge in [0.1, 0.15) is 15.7 Å². The molecule has 0 amide bonds. The van der Waals surface area contributed by atoms with Crippen molar-refractivity contribution in [2.75, 3.05) is 0 Å². The summed E-state index contributed by atoms with van der Waals surface area (Å²) in [5.74, 6) is 0. The fourth-order valence-electron chi connectivity index (χ4n) is 2.28. The molecule has 0 heterocycles. The van der Waals surface area contributed by atoms with Crippen LogP contribution in [0.25, 0.3) is 0 Å². The van der Waals surface area contributed by atoms with Gasteiger partial charge in [-0.05, 0) is 31.2 Å². The minimum atomic E-state index is 1.30. The molecule has 0 N–H and O–H groups in total. The van der Waals surface area contributed by atoms with Crippen molar-refractivity contribution in [3.05, 3.63) is 23.3 Å². The zero-order valence-electron chi connectivity index (χ0n) is 7.98. The molecule has 0 saturated heterocycles. The van der Waals surface area contributed by atoms with E-state index in [1.165, 1.54) is 36.6 Å². The standard InChI is InChI=1S/C10H14B2/c11-8-5-7-3-1-2-4-9(7)10(12)6-8/h5-6H,1-4,11-12H2. The van der Waals surface area contributed by atoms with Gasteiger partial charge in [0, 0.05) is 0 Å². The molecule has 0 bridgehead atoms. The molecule has 0 nitrogen and oxygen atoms in total. The van der Waals surface area contributed by atoms with Gasteiger partial charge in [0.05, 0.1) is 0 Å². The lowest BCUT2D eigenvalue weighted by atomic mass is 9.77. The third-order valence-corrected chi connectivity index (χ3v) is 2.83. The summed E-state index contributed by atoms with van der Waals surface area (Å²) in [5.41, 5.74) is 6.17. The summed E-state index contributed by atoms with van der Waals surface area (Å²) >= 11 is 0. The molecule has 1 aromatic rings. The topological polar surface area (TPSA) is 0 Å². The number of fused-ring (bicyclic) bond motifs is 1. The molecule has 2 rings (SSSR count). The fraction of sp³-hybridized carbons (Fsp3) is 0.400. The summed E-state index contributed by atoms with van der Waals surface area (Å²) in [5, 5.41) is 0. The van der Waals surface area contributed by atoms with Crippen LogP contribution >= 0.6 is 0 Å². The molecule has 12 heavy (non-hydrogen) atoms. The molecule has 60 valence electrons. The molecule has 0 aromatic heterocycles. The first-order valence-electron chi connectivity index (χ1n) is 4.86. The minimum Gasteiger partial charge on any atom is -0.0892 e. The number of hydrogen-bond donors (Lipinski definition) is 0. The first kappa shape index (κ1) is 7.97. The Bertz CT molecular complexity index is 305. The fourth-order valence-corrected chi connectivity index (χ4v) is 2.28. The molecule has 0 radical (unpaired) electrons. The lowest BCUT2D eigenvalue weighted by molar-refractivity contribution is 0.689. The van der Waals surface area contributed by atoms with E-state index in [1.807, 2.05) is 0 Å². The Morgan fingerprint density at radius 2 is 1.75 bits per heavy atom. The lowest BCUT2D eigenvalue weighted by Gasteiger charge is -2.18. The van der Waals surface area contributed by atoms with Gasteiger partial charge in [-0.3, -0.25) is 0 Å². The van der Waals surface area contributed by atoms with E-state index < -0.39 is 0 Å². The van der Waals surface area contributed by atoms with Crippen molar-refractivity contribution in [3.63, 3.8) is 0 Å². The highest BCUT2D eigenvalue weighted by Crippen LogP contribution is 2.17. The normalized spacial score (nSPS) is 15.7. The van der Waals surface area contributed by atoms with Crippen LogP contribution in [0.5, 0.6) is 0 Å². The molecule has 0 unspecified atom stereocenters. The second-order valence-corrected chi connectivity index (χ2v) is 3.93. The number of benzene rings is 1. The van der Waals surface area contributed by atoms with Gasteiger partial charge in [-0.15, -0.1) is 0 Å². The zero-order valence-corrected chi connectivity index (χ0v) is 7.98. The molecule has 1 aromatic carbocycles. The van der Waals surface area contributed by atoms with Gasteiger partial charge < -0.3 is 0 Å². The van der Waals surface area contributed by atoms with Crippen LogP contribution in [0, 0.1) is 0 Å². The smallest absolute Gasteiger partial charge is 0.0892 e. The Balaban J connectivity index is 2.53. The van der Waals surface area contributed by atoms with Crippen LogP contribution in [0.4, 0.5) is 0 Å². The Hall–Kier alpha value is -0.650. The Morgan fingerprint density at radius 3 is 2.58 bits per heavy atom. The van der Waals surface area contributed by atoms with E-state index in [4.69, 9.17) is 0 Å². The molecule has 0 saturated carbocycles. The van der Waals surface area contributed by atoms with Crippen molar-refractivity contribution in [1.29, 1.82) is 0 Å². The minimum absolute atomic E-state index is 1.30. The van der Waals surface area contributed by atoms with E-state index >= 15 is 0 Å². The van der Waals surface area contributed by atoms with Gasteiger partial charge >= 0.3 is 0 Å². The molecule has 2 heteroatoms. The molecule has 1 aliphatic rings. The highest BCUT2D eigenvalue weighted by molar-refractivity contribution is 6.38. The average molecular weight is 156 g/mol. The van der Waals surface area contributed by atoms with Crippen molar-refractivity contribution in [3.8, 4) is 0 Å². The zero-order chi connectivity index (χ0) is 8.55. The summed E-state index contributed by atoms with van der Waals surface area (Å²) in [6.45, 7) is 0. The quantitative estimate of drug-likeness (QED) is 0.426. The molecule has 0 fully saturated rings. The summed E-state index contributed by atoms with van der Waals surface area (Å²) in [6.07, 6.45) is 5.38. The summed E-state index contributed by atoms with van der Waals surface area (Å²) in [7, 11) is 4.44. The van der Waals surface area contributed by atoms with E-state index in [1.54, 1.807) is 11.1 Å². The second kappa shape index (κ2) is 3.01. The van der Waals surface area contributed by atoms with E-state index in [9.17, 15) is 0 Å². The number of rotatable bonds is 0. The van der Waals surface area contributed by atoms with Crippen LogP contribution in [0.1, 0.15) is 24.0 Å². The third-order valence-electron chi connectivity index (χ3n) is 2.83. The predicted molar refractivity (Wildman–Crippen MR) is 59.4 cm³/mol. The highest BCUT2D eigenvalue weighted by atomic mass is 14.1. The van der Waals surface area contributed by atoms with Crippen molar-refractivity contribution in [2.24, 2.45) is 0 Å². The van der Waals surface area contributed by atoms with Crippen molar-refractivity contribution >= 4 is 26.6 Å². The lowest BCUT2D eigenvalue weighted by Crippen LogP contribution is -2.23. The molecule has 1 aliphatic carbocycles. The maximum Gasteiger partial charge on any atom is 0.139 e. The Morgan fingerprint density at radius 1 is 1.00 bits per heavy atom. The number of hydrogen-bond acceptors (Lipinski definition) is 0. The van der Waals surface area contributed by atoms with Gasteiger partial charge in [-0.2, -0.15) is 0 Å². The molecule has 0 atom stereocenters. The number of aryl methyl sites for hydroxylation is 1. The first-order valence-corrected chi connectivity index (χ1v) is 4.86. The highest BCUT2D eigenvalue weighted by Gasteiger charge is 2.10. The molecule has 0 aliphatic heterocycles. The van der Waals surface area contributed by atoms with Crippen LogP contribution in [0.15, 0.2) is 12.1 Å². The van der Waals surface area contributed by atoms with Crippen molar-refractivity contribution < 1.29 is 0 Å². The van der Waals surface area contributed by atoms with Crippen LogP contribution in [0.2, 0.25) is 0 Å². The van der Waals surface area contributed by atoms with Crippen LogP contribution < -0.4 is 10.9 Å². The van der Waals surface area contributed by atoms with E-state index in [0.29, 0.717) is 0 Å². The van der Waals surface area contributed by atoms with Gasteiger partial charge in [0.2, 0.25) is 0 Å². The molecular weight excluding hydrogens is 142 g/mol. The van der Waals surface area contributed by atoms with Crippen LogP contribution in [-0.2, 0) is 12.8 Å².